The van der Waals surface area contributed by atoms with Crippen LogP contribution in [0.25, 0.3) is 22.2 Å². The number of unbranched alkanes of at least 4 members (excludes halogenated alkanes) is 3. The van der Waals surface area contributed by atoms with E-state index in [4.69, 9.17) is 4.74 Å². The number of carboxylic acids is 1. The molecule has 2 aromatic carbocycles. The van der Waals surface area contributed by atoms with Crippen molar-refractivity contribution < 1.29 is 24.2 Å². The summed E-state index contributed by atoms with van der Waals surface area (Å²) in [6.07, 6.45) is 10.2. The second-order valence-electron chi connectivity index (χ2n) is 11.9. The van der Waals surface area contributed by atoms with E-state index in [2.05, 4.69) is 23.0 Å². The van der Waals surface area contributed by atoms with Gasteiger partial charge < -0.3 is 9.84 Å². The summed E-state index contributed by atoms with van der Waals surface area (Å²) in [6.45, 7) is 7.73. The number of ketones is 1. The van der Waals surface area contributed by atoms with Gasteiger partial charge in [-0.05, 0) is 75.3 Å². The number of fused-ring (bicyclic) bond motifs is 1. The van der Waals surface area contributed by atoms with Crippen LogP contribution in [0.5, 0.6) is 0 Å². The smallest absolute Gasteiger partial charge is 0.372 e. The number of carboxylic acid groups (broad SMARTS) is 1. The van der Waals surface area contributed by atoms with Crippen molar-refractivity contribution in [3.63, 3.8) is 0 Å². The molecular formula is C33H40N2O5. The first-order valence-corrected chi connectivity index (χ1v) is 14.5. The van der Waals surface area contributed by atoms with Gasteiger partial charge in [0.2, 0.25) is 5.78 Å². The SMILES string of the molecule is CCCCCCC(C(=O)C(=O)O)c1ccc2c(-c3ccc(C(=O)OC(C)(C)C)c(C4CCCC4)c3)ncnc2c1. The van der Waals surface area contributed by atoms with Crippen LogP contribution in [0.4, 0.5) is 0 Å². The Balaban J connectivity index is 1.72. The third kappa shape index (κ3) is 6.93. The van der Waals surface area contributed by atoms with E-state index in [1.807, 2.05) is 51.1 Å². The van der Waals surface area contributed by atoms with Gasteiger partial charge in [-0.2, -0.15) is 0 Å². The lowest BCUT2D eigenvalue weighted by atomic mass is 9.87. The lowest BCUT2D eigenvalue weighted by Crippen LogP contribution is -2.24. The van der Waals surface area contributed by atoms with Gasteiger partial charge in [-0.1, -0.05) is 63.6 Å². The molecule has 0 radical (unpaired) electrons. The summed E-state index contributed by atoms with van der Waals surface area (Å²) in [6, 6.07) is 11.3. The summed E-state index contributed by atoms with van der Waals surface area (Å²) in [5.41, 5.74) is 3.93. The normalized spacial score (nSPS) is 14.8. The van der Waals surface area contributed by atoms with Crippen LogP contribution in [-0.2, 0) is 14.3 Å². The molecule has 1 fully saturated rings. The number of ether oxygens (including phenoxy) is 1. The van der Waals surface area contributed by atoms with Gasteiger partial charge >= 0.3 is 11.9 Å². The first-order chi connectivity index (χ1) is 19.1. The fourth-order valence-corrected chi connectivity index (χ4v) is 5.70. The van der Waals surface area contributed by atoms with E-state index < -0.39 is 23.3 Å². The summed E-state index contributed by atoms with van der Waals surface area (Å²) < 4.78 is 5.72. The molecular weight excluding hydrogens is 504 g/mol. The van der Waals surface area contributed by atoms with E-state index in [0.29, 0.717) is 23.1 Å². The number of carbonyl (C=O) groups excluding carboxylic acids is 2. The minimum Gasteiger partial charge on any atom is -0.475 e. The van der Waals surface area contributed by atoms with Crippen molar-refractivity contribution in [2.24, 2.45) is 0 Å². The minimum atomic E-state index is -1.41. The maximum Gasteiger partial charge on any atom is 0.372 e. The Morgan fingerprint density at radius 1 is 1.00 bits per heavy atom. The number of esters is 1. The average Bonchev–Trinajstić information content (AvgIpc) is 3.46. The second-order valence-corrected chi connectivity index (χ2v) is 11.9. The Labute approximate surface area is 236 Å². The molecule has 0 bridgehead atoms. The van der Waals surface area contributed by atoms with Gasteiger partial charge in [0.05, 0.1) is 22.7 Å². The number of Topliss-reactive ketones (excluding diaryl/α,β-unsaturated/α-hetero) is 1. The molecule has 1 atom stereocenters. The monoisotopic (exact) mass is 544 g/mol. The van der Waals surface area contributed by atoms with Gasteiger partial charge in [-0.25, -0.2) is 19.6 Å². The molecule has 1 heterocycles. The van der Waals surface area contributed by atoms with Gasteiger partial charge in [0.15, 0.2) is 0 Å². The van der Waals surface area contributed by atoms with E-state index in [1.54, 1.807) is 0 Å². The molecule has 4 rings (SSSR count). The van der Waals surface area contributed by atoms with Crippen molar-refractivity contribution in [2.75, 3.05) is 0 Å². The number of nitrogens with zero attached hydrogens (tertiary/aromatic N) is 2. The highest BCUT2D eigenvalue weighted by atomic mass is 16.6. The number of hydrogen-bond acceptors (Lipinski definition) is 6. The van der Waals surface area contributed by atoms with Crippen LogP contribution in [0.3, 0.4) is 0 Å². The first-order valence-electron chi connectivity index (χ1n) is 14.5. The molecule has 1 saturated carbocycles. The van der Waals surface area contributed by atoms with Crippen molar-refractivity contribution in [1.82, 2.24) is 9.97 Å². The number of rotatable bonds is 11. The van der Waals surface area contributed by atoms with Crippen molar-refractivity contribution in [3.05, 3.63) is 59.4 Å². The molecule has 1 aliphatic rings. The third-order valence-electron chi connectivity index (χ3n) is 7.68. The van der Waals surface area contributed by atoms with Crippen LogP contribution in [0.1, 0.15) is 119 Å². The largest absolute Gasteiger partial charge is 0.475 e. The van der Waals surface area contributed by atoms with Gasteiger partial charge in [0, 0.05) is 10.9 Å². The second kappa shape index (κ2) is 12.7. The minimum absolute atomic E-state index is 0.290. The summed E-state index contributed by atoms with van der Waals surface area (Å²) in [5.74, 6) is -2.93. The number of aliphatic carboxylic acids is 1. The molecule has 7 heteroatoms. The van der Waals surface area contributed by atoms with E-state index in [9.17, 15) is 19.5 Å². The molecule has 1 unspecified atom stereocenters. The van der Waals surface area contributed by atoms with Gasteiger partial charge in [0.1, 0.15) is 11.9 Å². The molecule has 0 saturated heterocycles. The van der Waals surface area contributed by atoms with Crippen LogP contribution >= 0.6 is 0 Å². The Hall–Kier alpha value is -3.61. The average molecular weight is 545 g/mol. The van der Waals surface area contributed by atoms with Crippen LogP contribution < -0.4 is 0 Å². The van der Waals surface area contributed by atoms with Crippen molar-refractivity contribution >= 4 is 28.6 Å². The zero-order chi connectivity index (χ0) is 28.9. The predicted octanol–water partition coefficient (Wildman–Crippen LogP) is 7.62. The van der Waals surface area contributed by atoms with E-state index in [1.165, 1.54) is 6.33 Å². The molecule has 0 spiro atoms. The fourth-order valence-electron chi connectivity index (χ4n) is 5.70. The third-order valence-corrected chi connectivity index (χ3v) is 7.68. The molecule has 3 aromatic rings. The molecule has 7 nitrogen and oxygen atoms in total. The van der Waals surface area contributed by atoms with Gasteiger partial charge in [-0.3, -0.25) is 4.79 Å². The Morgan fingerprint density at radius 3 is 2.42 bits per heavy atom. The maximum atomic E-state index is 13.1. The van der Waals surface area contributed by atoms with Crippen LogP contribution in [0.15, 0.2) is 42.7 Å². The Kier molecular flexibility index (Phi) is 9.33. The molecule has 1 N–H and O–H groups in total. The van der Waals surface area contributed by atoms with Crippen LogP contribution in [0, 0.1) is 0 Å². The zero-order valence-corrected chi connectivity index (χ0v) is 24.0. The molecule has 1 aliphatic carbocycles. The van der Waals surface area contributed by atoms with Crippen molar-refractivity contribution in [1.29, 1.82) is 0 Å². The fraction of sp³-hybridized carbons (Fsp3) is 0.485. The highest BCUT2D eigenvalue weighted by Gasteiger charge is 2.28. The molecule has 0 aliphatic heterocycles. The zero-order valence-electron chi connectivity index (χ0n) is 24.0. The standard InChI is InChI=1S/C33H40N2O5/c1-5-6-7-8-13-24(30(36)31(37)38)22-14-17-26-28(19-22)34-20-35-29(26)23-15-16-25(32(39)40-33(2,3)4)27(18-23)21-11-9-10-12-21/h14-21,24H,5-13H2,1-4H3,(H,37,38). The summed E-state index contributed by atoms with van der Waals surface area (Å²) in [5, 5.41) is 10.3. The predicted molar refractivity (Wildman–Crippen MR) is 155 cm³/mol. The van der Waals surface area contributed by atoms with E-state index in [0.717, 1.165) is 73.6 Å². The number of hydrogen-bond donors (Lipinski definition) is 1. The summed E-state index contributed by atoms with van der Waals surface area (Å²) >= 11 is 0. The summed E-state index contributed by atoms with van der Waals surface area (Å²) in [4.78, 5) is 46.4. The van der Waals surface area contributed by atoms with Crippen LogP contribution in [-0.4, -0.2) is 38.4 Å². The van der Waals surface area contributed by atoms with Crippen LogP contribution in [0.2, 0.25) is 0 Å². The molecule has 0 amide bonds. The van der Waals surface area contributed by atoms with E-state index in [-0.39, 0.29) is 11.9 Å². The van der Waals surface area contributed by atoms with Crippen molar-refractivity contribution in [3.8, 4) is 11.3 Å². The molecule has 40 heavy (non-hydrogen) atoms. The highest BCUT2D eigenvalue weighted by Crippen LogP contribution is 2.39. The first kappa shape index (κ1) is 29.4. The Bertz CT molecular complexity index is 1390. The lowest BCUT2D eigenvalue weighted by Gasteiger charge is -2.22. The molecule has 212 valence electrons. The number of aromatic nitrogens is 2. The lowest BCUT2D eigenvalue weighted by molar-refractivity contribution is -0.149. The number of benzene rings is 2. The summed E-state index contributed by atoms with van der Waals surface area (Å²) in [7, 11) is 0. The highest BCUT2D eigenvalue weighted by molar-refractivity contribution is 6.35. The Morgan fingerprint density at radius 2 is 1.75 bits per heavy atom. The van der Waals surface area contributed by atoms with E-state index >= 15 is 0 Å². The quantitative estimate of drug-likeness (QED) is 0.150. The topological polar surface area (TPSA) is 106 Å². The maximum absolute atomic E-state index is 13.1. The number of carbonyl (C=O) groups is 3. The van der Waals surface area contributed by atoms with Gasteiger partial charge in [-0.15, -0.1) is 0 Å². The molecule has 1 aromatic heterocycles. The van der Waals surface area contributed by atoms with Gasteiger partial charge in [0.25, 0.3) is 0 Å². The van der Waals surface area contributed by atoms with Crippen molar-refractivity contribution in [2.45, 2.75) is 103 Å².